The summed E-state index contributed by atoms with van der Waals surface area (Å²) >= 11 is 0. The molecule has 2 aromatic carbocycles. The largest absolute Gasteiger partial charge is 0.497 e. The van der Waals surface area contributed by atoms with Gasteiger partial charge in [0, 0.05) is 45.4 Å². The normalized spacial score (nSPS) is 11.2. The number of nitrogens with one attached hydrogen (secondary N) is 2. The Morgan fingerprint density at radius 1 is 1.10 bits per heavy atom. The van der Waals surface area contributed by atoms with Crippen molar-refractivity contribution in [2.75, 3.05) is 28.3 Å². The first-order chi connectivity index (χ1) is 14.3. The highest BCUT2D eigenvalue weighted by Gasteiger charge is 2.12. The van der Waals surface area contributed by atoms with Crippen molar-refractivity contribution in [2.45, 2.75) is 19.7 Å². The lowest BCUT2D eigenvalue weighted by atomic mass is 10.1. The van der Waals surface area contributed by atoms with Crippen LogP contribution >= 0.6 is 0 Å². The summed E-state index contributed by atoms with van der Waals surface area (Å²) < 4.78 is 35.0. The molecule has 0 atom stereocenters. The fourth-order valence-electron chi connectivity index (χ4n) is 2.64. The van der Waals surface area contributed by atoms with Gasteiger partial charge >= 0.3 is 6.61 Å². The van der Waals surface area contributed by atoms with Crippen LogP contribution in [0.15, 0.2) is 47.5 Å². The second kappa shape index (κ2) is 11.0. The molecule has 0 aliphatic carbocycles. The van der Waals surface area contributed by atoms with E-state index in [9.17, 15) is 13.6 Å². The third-order valence-corrected chi connectivity index (χ3v) is 4.22. The molecule has 9 heteroatoms. The predicted octanol–water partition coefficient (Wildman–Crippen LogP) is 2.86. The first kappa shape index (κ1) is 22.9. The number of hydrogen-bond acceptors (Lipinski definition) is 4. The highest BCUT2D eigenvalue weighted by molar-refractivity contribution is 5.93. The number of guanidine groups is 1. The van der Waals surface area contributed by atoms with Crippen molar-refractivity contribution in [1.82, 2.24) is 15.5 Å². The summed E-state index contributed by atoms with van der Waals surface area (Å²) in [5.74, 6) is 1.01. The number of halogens is 2. The molecule has 0 saturated carbocycles. The molecule has 0 heterocycles. The van der Waals surface area contributed by atoms with Gasteiger partial charge in [-0.15, -0.1) is 0 Å². The molecular formula is C21H26F2N4O3. The fourth-order valence-corrected chi connectivity index (χ4v) is 2.64. The number of aliphatic imine (C=N–C) groups is 1. The minimum Gasteiger partial charge on any atom is -0.497 e. The predicted molar refractivity (Wildman–Crippen MR) is 111 cm³/mol. The van der Waals surface area contributed by atoms with Crippen LogP contribution in [0.5, 0.6) is 11.5 Å². The van der Waals surface area contributed by atoms with Crippen molar-refractivity contribution in [3.63, 3.8) is 0 Å². The molecule has 0 aromatic heterocycles. The maximum atomic E-state index is 12.6. The number of ether oxygens (including phenoxy) is 2. The van der Waals surface area contributed by atoms with Gasteiger partial charge in [0.05, 0.1) is 7.11 Å². The lowest BCUT2D eigenvalue weighted by molar-refractivity contribution is -0.0505. The van der Waals surface area contributed by atoms with Gasteiger partial charge in [-0.25, -0.2) is 0 Å². The van der Waals surface area contributed by atoms with Crippen molar-refractivity contribution in [2.24, 2.45) is 4.99 Å². The fraction of sp³-hybridized carbons (Fsp3) is 0.333. The number of hydrogen-bond donors (Lipinski definition) is 2. The minimum absolute atomic E-state index is 0.0629. The second-order valence-electron chi connectivity index (χ2n) is 6.53. The van der Waals surface area contributed by atoms with E-state index in [-0.39, 0.29) is 18.2 Å². The summed E-state index contributed by atoms with van der Waals surface area (Å²) in [6.45, 7) is -2.25. The number of amides is 1. The lowest BCUT2D eigenvalue weighted by Gasteiger charge is -2.16. The molecule has 162 valence electrons. The molecule has 2 aromatic rings. The van der Waals surface area contributed by atoms with E-state index in [0.717, 1.165) is 5.56 Å². The van der Waals surface area contributed by atoms with E-state index >= 15 is 0 Å². The molecule has 0 bridgehead atoms. The Morgan fingerprint density at radius 2 is 1.77 bits per heavy atom. The number of carbonyl (C=O) groups excluding carboxylic acids is 1. The average Bonchev–Trinajstić information content (AvgIpc) is 2.74. The van der Waals surface area contributed by atoms with E-state index in [1.807, 2.05) is 12.1 Å². The first-order valence-corrected chi connectivity index (χ1v) is 9.21. The summed E-state index contributed by atoms with van der Waals surface area (Å²) in [5, 5.41) is 6.20. The Labute approximate surface area is 174 Å². The molecule has 0 saturated heterocycles. The number of benzene rings is 2. The molecule has 1 amide bonds. The third kappa shape index (κ3) is 6.61. The Hall–Kier alpha value is -3.36. The summed E-state index contributed by atoms with van der Waals surface area (Å²) in [6, 6.07) is 11.9. The Balaban J connectivity index is 1.98. The van der Waals surface area contributed by atoms with E-state index < -0.39 is 6.61 Å². The van der Waals surface area contributed by atoms with Crippen molar-refractivity contribution in [3.05, 3.63) is 59.2 Å². The zero-order valence-electron chi connectivity index (χ0n) is 17.4. The number of methoxy groups -OCH3 is 1. The number of carbonyl (C=O) groups is 1. The maximum absolute atomic E-state index is 12.6. The zero-order valence-corrected chi connectivity index (χ0v) is 17.4. The van der Waals surface area contributed by atoms with Gasteiger partial charge in [0.25, 0.3) is 5.91 Å². The van der Waals surface area contributed by atoms with Gasteiger partial charge in [-0.1, -0.05) is 12.1 Å². The van der Waals surface area contributed by atoms with Crippen molar-refractivity contribution < 1.29 is 23.0 Å². The molecule has 0 aliphatic rings. The summed E-state index contributed by atoms with van der Waals surface area (Å²) in [5.41, 5.74) is 2.07. The highest BCUT2D eigenvalue weighted by Crippen LogP contribution is 2.25. The van der Waals surface area contributed by atoms with Crippen molar-refractivity contribution in [3.8, 4) is 11.5 Å². The zero-order chi connectivity index (χ0) is 22.1. The van der Waals surface area contributed by atoms with Gasteiger partial charge in [-0.2, -0.15) is 8.78 Å². The van der Waals surface area contributed by atoms with Gasteiger partial charge in [-0.3, -0.25) is 9.79 Å². The molecule has 2 rings (SSSR count). The van der Waals surface area contributed by atoms with Crippen LogP contribution in [0.1, 0.15) is 21.5 Å². The summed E-state index contributed by atoms with van der Waals surface area (Å²) in [6.07, 6.45) is 0. The lowest BCUT2D eigenvalue weighted by Crippen LogP contribution is -2.36. The third-order valence-electron chi connectivity index (χ3n) is 4.22. The second-order valence-corrected chi connectivity index (χ2v) is 6.53. The average molecular weight is 420 g/mol. The molecule has 2 N–H and O–H groups in total. The van der Waals surface area contributed by atoms with Crippen LogP contribution in [0.2, 0.25) is 0 Å². The Bertz CT molecular complexity index is 871. The number of alkyl halides is 2. The van der Waals surface area contributed by atoms with Crippen LogP contribution in [0, 0.1) is 0 Å². The van der Waals surface area contributed by atoms with Crippen LogP contribution < -0.4 is 20.1 Å². The standard InChI is InChI=1S/C21H26F2N4O3/c1-24-21(25-12-14-5-7-15(8-6-14)19(28)27(2)3)26-13-16-11-17(29-4)9-10-18(16)30-20(22)23/h5-11,20H,12-13H2,1-4H3,(H2,24,25,26). The topological polar surface area (TPSA) is 75.2 Å². The van der Waals surface area contributed by atoms with Crippen molar-refractivity contribution >= 4 is 11.9 Å². The van der Waals surface area contributed by atoms with Gasteiger partial charge in [-0.05, 0) is 35.9 Å². The molecule has 0 spiro atoms. The summed E-state index contributed by atoms with van der Waals surface area (Å²) in [4.78, 5) is 17.6. The molecule has 7 nitrogen and oxygen atoms in total. The SMILES string of the molecule is CN=C(NCc1ccc(C(=O)N(C)C)cc1)NCc1cc(OC)ccc1OC(F)F. The minimum atomic E-state index is -2.92. The Kier molecular flexibility index (Phi) is 8.40. The van der Waals surface area contributed by atoms with E-state index in [4.69, 9.17) is 4.74 Å². The van der Waals surface area contributed by atoms with Crippen molar-refractivity contribution in [1.29, 1.82) is 0 Å². The van der Waals surface area contributed by atoms with Crippen LogP contribution in [0.25, 0.3) is 0 Å². The molecule has 0 aliphatic heterocycles. The van der Waals surface area contributed by atoms with E-state index in [1.54, 1.807) is 45.4 Å². The van der Waals surface area contributed by atoms with Crippen LogP contribution in [0.3, 0.4) is 0 Å². The monoisotopic (exact) mass is 420 g/mol. The molecular weight excluding hydrogens is 394 g/mol. The Morgan fingerprint density at radius 3 is 2.33 bits per heavy atom. The molecule has 30 heavy (non-hydrogen) atoms. The first-order valence-electron chi connectivity index (χ1n) is 9.21. The van der Waals surface area contributed by atoms with Crippen LogP contribution in [-0.4, -0.2) is 51.6 Å². The smallest absolute Gasteiger partial charge is 0.387 e. The van der Waals surface area contributed by atoms with Gasteiger partial charge < -0.3 is 25.0 Å². The maximum Gasteiger partial charge on any atom is 0.387 e. The number of nitrogens with zero attached hydrogens (tertiary/aromatic N) is 2. The van der Waals surface area contributed by atoms with E-state index in [0.29, 0.717) is 29.4 Å². The molecule has 0 fully saturated rings. The number of rotatable bonds is 8. The molecule has 0 unspecified atom stereocenters. The summed E-state index contributed by atoms with van der Waals surface area (Å²) in [7, 11) is 6.51. The van der Waals surface area contributed by atoms with E-state index in [1.165, 1.54) is 18.1 Å². The van der Waals surface area contributed by atoms with Gasteiger partial charge in [0.15, 0.2) is 5.96 Å². The quantitative estimate of drug-likeness (QED) is 0.507. The van der Waals surface area contributed by atoms with Crippen LogP contribution in [-0.2, 0) is 13.1 Å². The van der Waals surface area contributed by atoms with Gasteiger partial charge in [0.2, 0.25) is 0 Å². The molecule has 0 radical (unpaired) electrons. The van der Waals surface area contributed by atoms with Gasteiger partial charge in [0.1, 0.15) is 11.5 Å². The van der Waals surface area contributed by atoms with Crippen LogP contribution in [0.4, 0.5) is 8.78 Å². The highest BCUT2D eigenvalue weighted by atomic mass is 19.3. The van der Waals surface area contributed by atoms with E-state index in [2.05, 4.69) is 20.4 Å².